The number of carboxylic acids is 4. The Morgan fingerprint density at radius 1 is 0.352 bits per heavy atom. The van der Waals surface area contributed by atoms with Crippen LogP contribution < -0.4 is 10.2 Å². The summed E-state index contributed by atoms with van der Waals surface area (Å²) >= 11 is 0. The van der Waals surface area contributed by atoms with E-state index in [0.29, 0.717) is 0 Å². The molecule has 0 aliphatic rings. The molecule has 0 bridgehead atoms. The fraction of sp³-hybridized carbons (Fsp3) is 0.833. The first kappa shape index (κ1) is 64.7. The van der Waals surface area contributed by atoms with Crippen LogP contribution in [0, 0.1) is 0 Å². The summed E-state index contributed by atoms with van der Waals surface area (Å²) in [5.41, 5.74) is 0. The van der Waals surface area contributed by atoms with E-state index in [1.165, 1.54) is 0 Å². The van der Waals surface area contributed by atoms with Crippen LogP contribution in [0.25, 0.3) is 0 Å². The Balaban J connectivity index is -0.000000140. The van der Waals surface area contributed by atoms with Crippen molar-refractivity contribution in [1.82, 2.24) is 0 Å². The summed E-state index contributed by atoms with van der Waals surface area (Å²) in [7, 11) is 0. The first-order chi connectivity index (χ1) is 23.7. The summed E-state index contributed by atoms with van der Waals surface area (Å²) in [5.74, 6) is -7.40. The normalized spacial score (nSPS) is 19.6. The molecule has 0 saturated carbocycles. The van der Waals surface area contributed by atoms with Crippen LogP contribution in [0.15, 0.2) is 0 Å². The number of carbonyl (C=O) groups is 4. The van der Waals surface area contributed by atoms with Crippen LogP contribution in [-0.4, -0.2) is 298 Å². The second-order valence-electron chi connectivity index (χ2n) is 10.0. The standard InChI is InChI=1S/4C6H12O7.Ca.Fe/c4*7-1-2(8)3(9)4(10)5(11)6(12)13;;/h4*2-5,7-11H,1H2,(H,12,13);;/q;;;;+2;/p-2/t4*2-,3-,4+,5-;;/m1111../s1. The molecule has 0 amide bonds. The van der Waals surface area contributed by atoms with E-state index in [-0.39, 0.29) is 54.8 Å². The molecular weight excluding hydrogens is 832 g/mol. The Kier molecular flexibility index (Phi) is 40.7. The molecule has 0 heterocycles. The molecule has 16 atom stereocenters. The summed E-state index contributed by atoms with van der Waals surface area (Å²) < 4.78 is 0. The van der Waals surface area contributed by atoms with Crippen LogP contribution in [0.1, 0.15) is 0 Å². The maximum absolute atomic E-state index is 10.1. The van der Waals surface area contributed by atoms with Gasteiger partial charge in [-0.3, -0.25) is 0 Å². The first-order valence-corrected chi connectivity index (χ1v) is 13.9. The van der Waals surface area contributed by atoms with E-state index in [1.807, 2.05) is 0 Å². The van der Waals surface area contributed by atoms with Crippen LogP contribution in [0.3, 0.4) is 0 Å². The SMILES string of the molecule is O=C(O)[C@H](O)[C@@H](O)[C@H](O)[C@H](O)CO.O=C(O)[C@H](O)[C@@H](O)[C@H](O)[C@H](O)CO.O=C([O-])[C@H](O)[C@@H](O)[C@H](O)[C@H](O)CO.O=C([O-])[C@H](O)[C@@H](O)[C@H](O)[C@H](O)CO.[Ca+2].[Fe]. The van der Waals surface area contributed by atoms with Gasteiger partial charge in [-0.2, -0.15) is 0 Å². The maximum Gasteiger partial charge on any atom is 2.00 e. The van der Waals surface area contributed by atoms with Crippen LogP contribution in [-0.2, 0) is 36.2 Å². The second-order valence-corrected chi connectivity index (χ2v) is 10.0. The van der Waals surface area contributed by atoms with Crippen molar-refractivity contribution in [2.45, 2.75) is 97.7 Å². The van der Waals surface area contributed by atoms with Gasteiger partial charge in [-0.15, -0.1) is 0 Å². The smallest absolute Gasteiger partial charge is 0.547 e. The van der Waals surface area contributed by atoms with Gasteiger partial charge in [0.15, 0.2) is 12.2 Å². The second kappa shape index (κ2) is 33.9. The van der Waals surface area contributed by atoms with Crippen molar-refractivity contribution >= 4 is 61.6 Å². The average Bonchev–Trinajstić information content (AvgIpc) is 3.12. The summed E-state index contributed by atoms with van der Waals surface area (Å²) in [4.78, 5) is 40.1. The molecule has 0 aromatic rings. The average molecular weight is 879 g/mol. The van der Waals surface area contributed by atoms with Crippen molar-refractivity contribution in [3.63, 3.8) is 0 Å². The van der Waals surface area contributed by atoms with Crippen molar-refractivity contribution in [3.05, 3.63) is 0 Å². The van der Waals surface area contributed by atoms with Crippen molar-refractivity contribution < 1.29 is 159 Å². The van der Waals surface area contributed by atoms with Gasteiger partial charge in [-0.05, 0) is 0 Å². The molecule has 30 heteroatoms. The predicted molar refractivity (Wildman–Crippen MR) is 155 cm³/mol. The topological polar surface area (TPSA) is 559 Å². The van der Waals surface area contributed by atoms with Crippen LogP contribution in [0.5, 0.6) is 0 Å². The number of carboxylic acid groups (broad SMARTS) is 4. The Morgan fingerprint density at radius 3 is 0.611 bits per heavy atom. The summed E-state index contributed by atoms with van der Waals surface area (Å²) in [5, 5.41) is 211. The minimum absolute atomic E-state index is 0. The first-order valence-electron chi connectivity index (χ1n) is 13.9. The van der Waals surface area contributed by atoms with Crippen molar-refractivity contribution in [2.24, 2.45) is 0 Å². The van der Waals surface area contributed by atoms with E-state index < -0.39 is 148 Å². The zero-order valence-electron chi connectivity index (χ0n) is 27.4. The number of hydrogen-bond donors (Lipinski definition) is 22. The molecule has 0 aliphatic heterocycles. The number of rotatable bonds is 20. The van der Waals surface area contributed by atoms with E-state index in [4.69, 9.17) is 112 Å². The molecule has 0 aromatic carbocycles. The zero-order chi connectivity index (χ0) is 42.4. The number of aliphatic hydroxyl groups is 20. The molecule has 22 N–H and O–H groups in total. The molecule has 28 nitrogen and oxygen atoms in total. The fourth-order valence-corrected chi connectivity index (χ4v) is 2.66. The van der Waals surface area contributed by atoms with E-state index in [2.05, 4.69) is 0 Å². The summed E-state index contributed by atoms with van der Waals surface area (Å²) in [6.45, 7) is -3.41. The monoisotopic (exact) mass is 878 g/mol. The van der Waals surface area contributed by atoms with Gasteiger partial charge in [-0.1, -0.05) is 0 Å². The van der Waals surface area contributed by atoms with Crippen molar-refractivity contribution in [1.29, 1.82) is 0 Å². The fourth-order valence-electron chi connectivity index (χ4n) is 2.66. The van der Waals surface area contributed by atoms with E-state index in [0.717, 1.165) is 0 Å². The number of aliphatic hydroxyl groups excluding tert-OH is 20. The van der Waals surface area contributed by atoms with Crippen molar-refractivity contribution in [3.8, 4) is 0 Å². The molecule has 0 aliphatic carbocycles. The predicted octanol–water partition coefficient (Wildman–Crippen LogP) is -17.0. The van der Waals surface area contributed by atoms with Gasteiger partial charge >= 0.3 is 49.7 Å². The third kappa shape index (κ3) is 25.2. The molecule has 0 unspecified atom stereocenters. The van der Waals surface area contributed by atoms with E-state index in [1.54, 1.807) is 0 Å². The molecule has 0 rings (SSSR count). The van der Waals surface area contributed by atoms with Crippen LogP contribution >= 0.6 is 0 Å². The van der Waals surface area contributed by atoms with Gasteiger partial charge in [0.1, 0.15) is 85.5 Å². The Morgan fingerprint density at radius 2 is 0.500 bits per heavy atom. The van der Waals surface area contributed by atoms with Gasteiger partial charge in [0.05, 0.1) is 38.4 Å². The van der Waals surface area contributed by atoms with Crippen LogP contribution in [0.2, 0.25) is 0 Å². The number of carbonyl (C=O) groups excluding carboxylic acids is 2. The summed E-state index contributed by atoms with van der Waals surface area (Å²) in [6.07, 6.45) is -31.8. The molecule has 320 valence electrons. The minimum Gasteiger partial charge on any atom is -0.547 e. The Labute approximate surface area is 343 Å². The zero-order valence-corrected chi connectivity index (χ0v) is 30.7. The van der Waals surface area contributed by atoms with Gasteiger partial charge < -0.3 is 132 Å². The molecule has 54 heavy (non-hydrogen) atoms. The largest absolute Gasteiger partial charge is 2.00 e. The van der Waals surface area contributed by atoms with Gasteiger partial charge in [0, 0.05) is 17.1 Å². The third-order valence-electron chi connectivity index (χ3n) is 6.01. The maximum atomic E-state index is 10.1. The molecule has 0 radical (unpaired) electrons. The molecule has 0 aromatic heterocycles. The van der Waals surface area contributed by atoms with Gasteiger partial charge in [-0.25, -0.2) is 9.59 Å². The number of hydrogen-bond acceptors (Lipinski definition) is 26. The number of aliphatic carboxylic acids is 4. The van der Waals surface area contributed by atoms with E-state index in [9.17, 15) is 29.4 Å². The molecule has 0 saturated heterocycles. The molecule has 0 fully saturated rings. The van der Waals surface area contributed by atoms with Gasteiger partial charge in [0.2, 0.25) is 0 Å². The molecular formula is C24H46CaFeO28. The quantitative estimate of drug-likeness (QED) is 0.0505. The molecule has 0 spiro atoms. The summed E-state index contributed by atoms with van der Waals surface area (Å²) in [6, 6.07) is 0. The Bertz CT molecular complexity index is 848. The van der Waals surface area contributed by atoms with Gasteiger partial charge in [0.25, 0.3) is 0 Å². The minimum atomic E-state index is -2.31. The van der Waals surface area contributed by atoms with E-state index >= 15 is 0 Å². The Hall–Kier alpha value is -1.14. The van der Waals surface area contributed by atoms with Crippen molar-refractivity contribution in [2.75, 3.05) is 26.4 Å². The van der Waals surface area contributed by atoms with Crippen LogP contribution in [0.4, 0.5) is 0 Å². The third-order valence-corrected chi connectivity index (χ3v) is 6.01.